The molecule has 0 aliphatic rings. The first-order chi connectivity index (χ1) is 9.01. The summed E-state index contributed by atoms with van der Waals surface area (Å²) in [4.78, 5) is 4.86. The van der Waals surface area contributed by atoms with E-state index >= 15 is 0 Å². The van der Waals surface area contributed by atoms with Crippen molar-refractivity contribution in [3.63, 3.8) is 0 Å². The molecule has 0 aromatic carbocycles. The fourth-order valence-corrected chi connectivity index (χ4v) is 2.42. The van der Waals surface area contributed by atoms with Crippen LogP contribution in [-0.2, 0) is 5.41 Å². The van der Waals surface area contributed by atoms with E-state index in [9.17, 15) is 0 Å². The molecule has 20 heavy (non-hydrogen) atoms. The van der Waals surface area contributed by atoms with E-state index in [0.29, 0.717) is 0 Å². The third-order valence-electron chi connectivity index (χ3n) is 3.76. The lowest BCUT2D eigenvalue weighted by Crippen LogP contribution is -2.30. The van der Waals surface area contributed by atoms with Crippen LogP contribution in [0, 0.1) is 12.3 Å². The zero-order chi connectivity index (χ0) is 15.3. The quantitative estimate of drug-likeness (QED) is 0.854. The highest BCUT2D eigenvalue weighted by atomic mass is 15.0. The highest BCUT2D eigenvalue weighted by Crippen LogP contribution is 2.37. The molecule has 0 aliphatic carbocycles. The van der Waals surface area contributed by atoms with E-state index in [0.717, 1.165) is 17.0 Å². The predicted octanol–water partition coefficient (Wildman–Crippen LogP) is 3.99. The molecule has 0 radical (unpaired) electrons. The largest absolute Gasteiger partial charge is 0.322 e. The van der Waals surface area contributed by atoms with Crippen LogP contribution in [0.3, 0.4) is 0 Å². The highest BCUT2D eigenvalue weighted by Gasteiger charge is 2.32. The van der Waals surface area contributed by atoms with Crippen LogP contribution >= 0.6 is 0 Å². The van der Waals surface area contributed by atoms with Gasteiger partial charge in [-0.05, 0) is 30.0 Å². The van der Waals surface area contributed by atoms with E-state index in [1.165, 1.54) is 5.56 Å². The van der Waals surface area contributed by atoms with Crippen LogP contribution in [0.1, 0.15) is 64.5 Å². The first kappa shape index (κ1) is 15.0. The molecule has 2 aromatic heterocycles. The van der Waals surface area contributed by atoms with Gasteiger partial charge in [0.05, 0.1) is 17.4 Å². The fraction of sp³-hybridized carbons (Fsp3) is 0.588. The second kappa shape index (κ2) is 4.59. The molecule has 2 heterocycles. The molecule has 2 N–H and O–H groups in total. The Hall–Kier alpha value is -1.35. The van der Waals surface area contributed by atoms with Crippen molar-refractivity contribution >= 4 is 5.65 Å². The predicted molar refractivity (Wildman–Crippen MR) is 85.0 cm³/mol. The smallest absolute Gasteiger partial charge is 0.137 e. The average Bonchev–Trinajstić information content (AvgIpc) is 2.64. The maximum Gasteiger partial charge on any atom is 0.137 e. The van der Waals surface area contributed by atoms with Crippen LogP contribution in [0.2, 0.25) is 0 Å². The van der Waals surface area contributed by atoms with E-state index < -0.39 is 0 Å². The van der Waals surface area contributed by atoms with Crippen LogP contribution in [0.5, 0.6) is 0 Å². The van der Waals surface area contributed by atoms with Gasteiger partial charge in [0, 0.05) is 11.6 Å². The lowest BCUT2D eigenvalue weighted by atomic mass is 9.81. The maximum atomic E-state index is 6.56. The Kier molecular flexibility index (Phi) is 3.45. The van der Waals surface area contributed by atoms with Gasteiger partial charge in [-0.2, -0.15) is 0 Å². The molecule has 3 nitrogen and oxygen atoms in total. The van der Waals surface area contributed by atoms with Crippen LogP contribution in [-0.4, -0.2) is 9.38 Å². The zero-order valence-electron chi connectivity index (χ0n) is 13.8. The van der Waals surface area contributed by atoms with Crippen molar-refractivity contribution in [1.29, 1.82) is 0 Å². The molecule has 0 spiro atoms. The fourth-order valence-electron chi connectivity index (χ4n) is 2.42. The number of aryl methyl sites for hydroxylation is 1. The molecule has 0 amide bonds. The van der Waals surface area contributed by atoms with Crippen LogP contribution in [0.25, 0.3) is 5.65 Å². The topological polar surface area (TPSA) is 43.3 Å². The van der Waals surface area contributed by atoms with Crippen molar-refractivity contribution in [2.75, 3.05) is 0 Å². The van der Waals surface area contributed by atoms with Gasteiger partial charge < -0.3 is 10.1 Å². The van der Waals surface area contributed by atoms with Gasteiger partial charge in [-0.1, -0.05) is 41.5 Å². The molecular weight excluding hydrogens is 246 g/mol. The monoisotopic (exact) mass is 273 g/mol. The zero-order valence-corrected chi connectivity index (χ0v) is 13.8. The van der Waals surface area contributed by atoms with E-state index in [1.807, 2.05) is 0 Å². The van der Waals surface area contributed by atoms with Gasteiger partial charge in [0.2, 0.25) is 0 Å². The summed E-state index contributed by atoms with van der Waals surface area (Å²) in [7, 11) is 0. The molecule has 0 saturated heterocycles. The SMILES string of the molecule is Cc1ccn2c(C(N)C(C)(C)C)c(C(C)(C)C)nc2c1. The summed E-state index contributed by atoms with van der Waals surface area (Å²) < 4.78 is 2.16. The second-order valence-electron chi connectivity index (χ2n) is 7.87. The van der Waals surface area contributed by atoms with Crippen molar-refractivity contribution in [2.45, 2.75) is 59.9 Å². The molecule has 0 bridgehead atoms. The third-order valence-corrected chi connectivity index (χ3v) is 3.76. The van der Waals surface area contributed by atoms with Gasteiger partial charge in [0.25, 0.3) is 0 Å². The van der Waals surface area contributed by atoms with E-state index in [4.69, 9.17) is 10.7 Å². The normalized spacial score (nSPS) is 14.8. The van der Waals surface area contributed by atoms with Crippen LogP contribution in [0.15, 0.2) is 18.3 Å². The molecule has 110 valence electrons. The number of nitrogens with zero attached hydrogens (tertiary/aromatic N) is 2. The highest BCUT2D eigenvalue weighted by molar-refractivity contribution is 5.48. The molecule has 3 heteroatoms. The molecule has 2 aromatic rings. The summed E-state index contributed by atoms with van der Waals surface area (Å²) in [6, 6.07) is 4.18. The van der Waals surface area contributed by atoms with Gasteiger partial charge in [-0.3, -0.25) is 0 Å². The summed E-state index contributed by atoms with van der Waals surface area (Å²) in [6.07, 6.45) is 2.09. The summed E-state index contributed by atoms with van der Waals surface area (Å²) in [6.45, 7) is 15.2. The third kappa shape index (κ3) is 2.59. The Morgan fingerprint density at radius 2 is 1.75 bits per heavy atom. The standard InChI is InChI=1S/C17H27N3/c1-11-8-9-20-12(10-11)19-15(17(5,6)7)13(20)14(18)16(2,3)4/h8-10,14H,18H2,1-7H3. The molecule has 1 unspecified atom stereocenters. The first-order valence-electron chi connectivity index (χ1n) is 7.26. The van der Waals surface area contributed by atoms with E-state index in [2.05, 4.69) is 71.2 Å². The number of imidazole rings is 1. The molecule has 0 aliphatic heterocycles. The van der Waals surface area contributed by atoms with Crippen LogP contribution in [0.4, 0.5) is 0 Å². The van der Waals surface area contributed by atoms with Gasteiger partial charge in [-0.15, -0.1) is 0 Å². The lowest BCUT2D eigenvalue weighted by Gasteiger charge is -2.30. The molecule has 1 atom stereocenters. The van der Waals surface area contributed by atoms with Crippen LogP contribution < -0.4 is 5.73 Å². The lowest BCUT2D eigenvalue weighted by molar-refractivity contribution is 0.315. The number of nitrogens with two attached hydrogens (primary N) is 1. The first-order valence-corrected chi connectivity index (χ1v) is 7.26. The molecule has 0 fully saturated rings. The Morgan fingerprint density at radius 1 is 1.15 bits per heavy atom. The number of pyridine rings is 1. The number of rotatable bonds is 1. The van der Waals surface area contributed by atoms with E-state index in [1.54, 1.807) is 0 Å². The minimum Gasteiger partial charge on any atom is -0.322 e. The minimum atomic E-state index is -0.0468. The Morgan fingerprint density at radius 3 is 2.25 bits per heavy atom. The molecular formula is C17H27N3. The van der Waals surface area contributed by atoms with Gasteiger partial charge in [0.1, 0.15) is 5.65 Å². The van der Waals surface area contributed by atoms with Crippen molar-refractivity contribution < 1.29 is 0 Å². The summed E-state index contributed by atoms with van der Waals surface area (Å²) >= 11 is 0. The van der Waals surface area contributed by atoms with Gasteiger partial charge >= 0.3 is 0 Å². The summed E-state index contributed by atoms with van der Waals surface area (Å²) in [5, 5.41) is 0. The summed E-state index contributed by atoms with van der Waals surface area (Å²) in [5.74, 6) is 0. The Balaban J connectivity index is 2.78. The van der Waals surface area contributed by atoms with Gasteiger partial charge in [0.15, 0.2) is 0 Å². The number of aromatic nitrogens is 2. The Bertz CT molecular complexity index is 624. The molecule has 2 rings (SSSR count). The number of hydrogen-bond acceptors (Lipinski definition) is 2. The molecule has 0 saturated carbocycles. The number of hydrogen-bond donors (Lipinski definition) is 1. The van der Waals surface area contributed by atoms with Crippen molar-refractivity contribution in [2.24, 2.45) is 11.1 Å². The second-order valence-corrected chi connectivity index (χ2v) is 7.87. The van der Waals surface area contributed by atoms with Crippen molar-refractivity contribution in [3.8, 4) is 0 Å². The summed E-state index contributed by atoms with van der Waals surface area (Å²) in [5.41, 5.74) is 11.0. The van der Waals surface area contributed by atoms with Crippen molar-refractivity contribution in [1.82, 2.24) is 9.38 Å². The average molecular weight is 273 g/mol. The minimum absolute atomic E-state index is 0.000843. The Labute approximate surface area is 122 Å². The van der Waals surface area contributed by atoms with E-state index in [-0.39, 0.29) is 16.9 Å². The van der Waals surface area contributed by atoms with Crippen molar-refractivity contribution in [3.05, 3.63) is 35.3 Å². The van der Waals surface area contributed by atoms with Gasteiger partial charge in [-0.25, -0.2) is 4.98 Å². The number of fused-ring (bicyclic) bond motifs is 1. The maximum absolute atomic E-state index is 6.56.